The molecular formula is C26H31N3O7. The smallest absolute Gasteiger partial charge is 0.408 e. The van der Waals surface area contributed by atoms with Crippen molar-refractivity contribution >= 4 is 29.7 Å². The molecule has 36 heavy (non-hydrogen) atoms. The number of ketones is 1. The van der Waals surface area contributed by atoms with Crippen LogP contribution in [0.4, 0.5) is 4.79 Å². The number of carboxylic acid groups (broad SMARTS) is 1. The summed E-state index contributed by atoms with van der Waals surface area (Å²) in [6, 6.07) is 14.6. The second-order valence-corrected chi connectivity index (χ2v) is 9.05. The third kappa shape index (κ3) is 9.96. The van der Waals surface area contributed by atoms with Crippen LogP contribution < -0.4 is 16.0 Å². The number of hydrogen-bond donors (Lipinski definition) is 4. The Morgan fingerprint density at radius 2 is 1.42 bits per heavy atom. The predicted octanol–water partition coefficient (Wildman–Crippen LogP) is 2.08. The molecule has 0 heterocycles. The molecule has 0 saturated heterocycles. The molecule has 0 aliphatic rings. The van der Waals surface area contributed by atoms with Gasteiger partial charge in [-0.1, -0.05) is 60.7 Å². The second-order valence-electron chi connectivity index (χ2n) is 9.05. The molecule has 10 nitrogen and oxygen atoms in total. The Bertz CT molecular complexity index is 1070. The van der Waals surface area contributed by atoms with Crippen LogP contribution in [0, 0.1) is 0 Å². The van der Waals surface area contributed by atoms with Gasteiger partial charge >= 0.3 is 12.1 Å². The van der Waals surface area contributed by atoms with Crippen molar-refractivity contribution in [3.05, 3.63) is 71.8 Å². The van der Waals surface area contributed by atoms with Gasteiger partial charge in [0.05, 0.1) is 13.0 Å². The normalized spacial score (nSPS) is 12.5. The van der Waals surface area contributed by atoms with Crippen molar-refractivity contribution < 1.29 is 33.8 Å². The van der Waals surface area contributed by atoms with Crippen molar-refractivity contribution in [1.82, 2.24) is 16.0 Å². The summed E-state index contributed by atoms with van der Waals surface area (Å²) in [6.45, 7) is 4.57. The number of amides is 3. The number of nitrogens with one attached hydrogen (secondary N) is 3. The number of Topliss-reactive ketones (excluding diaryl/α,β-unsaturated/α-hetero) is 1. The standard InChI is InChI=1S/C26H31N3O7/c1-26(2,3)36-25(35)29-20(15-22(31)32)24(34)28-19(14-17-10-6-4-7-11-17)23(33)27-16-21(30)18-12-8-5-9-13-18/h4-13,19-20H,14-16H2,1-3H3,(H,27,33)(H,28,34)(H,29,35)(H,31,32). The Kier molecular flexibility index (Phi) is 10.1. The lowest BCUT2D eigenvalue weighted by atomic mass is 10.0. The highest BCUT2D eigenvalue weighted by molar-refractivity contribution is 6.00. The molecular weight excluding hydrogens is 466 g/mol. The van der Waals surface area contributed by atoms with Crippen molar-refractivity contribution in [2.24, 2.45) is 0 Å². The van der Waals surface area contributed by atoms with E-state index in [1.54, 1.807) is 81.4 Å². The molecule has 0 spiro atoms. The molecule has 0 aromatic heterocycles. The molecule has 0 saturated carbocycles. The first-order valence-corrected chi connectivity index (χ1v) is 11.4. The van der Waals surface area contributed by atoms with Gasteiger partial charge in [-0.15, -0.1) is 0 Å². The van der Waals surface area contributed by atoms with Crippen molar-refractivity contribution in [1.29, 1.82) is 0 Å². The van der Waals surface area contributed by atoms with Crippen molar-refractivity contribution in [3.8, 4) is 0 Å². The molecule has 2 aromatic rings. The Morgan fingerprint density at radius 3 is 1.97 bits per heavy atom. The summed E-state index contributed by atoms with van der Waals surface area (Å²) >= 11 is 0. The first kappa shape index (κ1) is 28.0. The maximum absolute atomic E-state index is 13.0. The average molecular weight is 498 g/mol. The van der Waals surface area contributed by atoms with Gasteiger partial charge in [-0.2, -0.15) is 0 Å². The fourth-order valence-electron chi connectivity index (χ4n) is 3.18. The number of alkyl carbamates (subject to hydrolysis) is 1. The number of carbonyl (C=O) groups is 5. The molecule has 0 bridgehead atoms. The third-order valence-electron chi connectivity index (χ3n) is 4.82. The van der Waals surface area contributed by atoms with Crippen LogP contribution in [0.3, 0.4) is 0 Å². The summed E-state index contributed by atoms with van der Waals surface area (Å²) in [7, 11) is 0. The predicted molar refractivity (Wildman–Crippen MR) is 131 cm³/mol. The SMILES string of the molecule is CC(C)(C)OC(=O)NC(CC(=O)O)C(=O)NC(Cc1ccccc1)C(=O)NCC(=O)c1ccccc1. The molecule has 3 amide bonds. The van der Waals surface area contributed by atoms with Gasteiger partial charge in [-0.25, -0.2) is 4.79 Å². The first-order chi connectivity index (χ1) is 16.9. The van der Waals surface area contributed by atoms with E-state index in [-0.39, 0.29) is 18.7 Å². The van der Waals surface area contributed by atoms with Gasteiger partial charge in [0.2, 0.25) is 11.8 Å². The molecule has 2 rings (SSSR count). The Balaban J connectivity index is 2.15. The zero-order valence-corrected chi connectivity index (χ0v) is 20.4. The number of carboxylic acids is 1. The third-order valence-corrected chi connectivity index (χ3v) is 4.82. The summed E-state index contributed by atoms with van der Waals surface area (Å²) in [5.41, 5.74) is 0.279. The highest BCUT2D eigenvalue weighted by Gasteiger charge is 2.30. The molecule has 0 fully saturated rings. The van der Waals surface area contributed by atoms with Crippen molar-refractivity contribution in [2.75, 3.05) is 6.54 Å². The summed E-state index contributed by atoms with van der Waals surface area (Å²) < 4.78 is 5.12. The minimum absolute atomic E-state index is 0.0736. The molecule has 0 aliphatic carbocycles. The van der Waals surface area contributed by atoms with E-state index in [1.807, 2.05) is 0 Å². The van der Waals surface area contributed by atoms with Crippen LogP contribution in [0.1, 0.15) is 43.1 Å². The number of benzene rings is 2. The number of carbonyl (C=O) groups excluding carboxylic acids is 4. The van der Waals surface area contributed by atoms with Gasteiger partial charge in [-0.05, 0) is 26.3 Å². The van der Waals surface area contributed by atoms with E-state index < -0.39 is 48.0 Å². The summed E-state index contributed by atoms with van der Waals surface area (Å²) in [5, 5.41) is 16.5. The molecule has 2 unspecified atom stereocenters. The molecule has 10 heteroatoms. The van der Waals surface area contributed by atoms with E-state index in [2.05, 4.69) is 16.0 Å². The number of rotatable bonds is 11. The summed E-state index contributed by atoms with van der Waals surface area (Å²) in [5.74, 6) is -3.16. The first-order valence-electron chi connectivity index (χ1n) is 11.4. The van der Waals surface area contributed by atoms with Crippen LogP contribution >= 0.6 is 0 Å². The number of aliphatic carboxylic acids is 1. The van der Waals surface area contributed by atoms with Gasteiger partial charge in [0.15, 0.2) is 5.78 Å². The van der Waals surface area contributed by atoms with E-state index in [0.29, 0.717) is 5.56 Å². The maximum Gasteiger partial charge on any atom is 0.408 e. The summed E-state index contributed by atoms with van der Waals surface area (Å²) in [6.07, 6.45) is -1.62. The zero-order valence-electron chi connectivity index (χ0n) is 20.4. The number of hydrogen-bond acceptors (Lipinski definition) is 6. The Morgan fingerprint density at radius 1 is 0.833 bits per heavy atom. The van der Waals surface area contributed by atoms with E-state index in [0.717, 1.165) is 5.56 Å². The van der Waals surface area contributed by atoms with Crippen LogP contribution in [0.2, 0.25) is 0 Å². The highest BCUT2D eigenvalue weighted by atomic mass is 16.6. The number of ether oxygens (including phenoxy) is 1. The Hall–Kier alpha value is -4.21. The van der Waals surface area contributed by atoms with Crippen molar-refractivity contribution in [2.45, 2.75) is 51.3 Å². The van der Waals surface area contributed by atoms with Crippen molar-refractivity contribution in [3.63, 3.8) is 0 Å². The average Bonchev–Trinajstić information content (AvgIpc) is 2.81. The monoisotopic (exact) mass is 497 g/mol. The molecule has 192 valence electrons. The topological polar surface area (TPSA) is 151 Å². The van der Waals surface area contributed by atoms with Gasteiger partial charge < -0.3 is 25.8 Å². The second kappa shape index (κ2) is 13.0. The fourth-order valence-corrected chi connectivity index (χ4v) is 3.18. The largest absolute Gasteiger partial charge is 0.481 e. The van der Waals surface area contributed by atoms with E-state index in [9.17, 15) is 29.1 Å². The minimum atomic E-state index is -1.49. The van der Waals surface area contributed by atoms with Crippen LogP contribution in [-0.4, -0.2) is 59.0 Å². The van der Waals surface area contributed by atoms with E-state index >= 15 is 0 Å². The molecule has 2 aromatic carbocycles. The molecule has 4 N–H and O–H groups in total. The lowest BCUT2D eigenvalue weighted by Gasteiger charge is -2.24. The molecule has 2 atom stereocenters. The Labute approximate surface area is 209 Å². The van der Waals surface area contributed by atoms with E-state index in [1.165, 1.54) is 0 Å². The zero-order chi connectivity index (χ0) is 26.7. The molecule has 0 radical (unpaired) electrons. The quantitative estimate of drug-likeness (QED) is 0.347. The van der Waals surface area contributed by atoms with Crippen LogP contribution in [0.15, 0.2) is 60.7 Å². The van der Waals surface area contributed by atoms with Gasteiger partial charge in [0.25, 0.3) is 0 Å². The van der Waals surface area contributed by atoms with E-state index in [4.69, 9.17) is 4.74 Å². The lowest BCUT2D eigenvalue weighted by molar-refractivity contribution is -0.140. The van der Waals surface area contributed by atoms with Gasteiger partial charge in [-0.3, -0.25) is 19.2 Å². The fraction of sp³-hybridized carbons (Fsp3) is 0.346. The van der Waals surface area contributed by atoms with Crippen LogP contribution in [0.5, 0.6) is 0 Å². The lowest BCUT2D eigenvalue weighted by Crippen LogP contribution is -2.55. The maximum atomic E-state index is 13.0. The van der Waals surface area contributed by atoms with Gasteiger partial charge in [0, 0.05) is 12.0 Å². The minimum Gasteiger partial charge on any atom is -0.481 e. The highest BCUT2D eigenvalue weighted by Crippen LogP contribution is 2.09. The molecule has 0 aliphatic heterocycles. The summed E-state index contributed by atoms with van der Waals surface area (Å²) in [4.78, 5) is 61.8. The van der Waals surface area contributed by atoms with Gasteiger partial charge in [0.1, 0.15) is 17.7 Å². The van der Waals surface area contributed by atoms with Crippen LogP contribution in [0.25, 0.3) is 0 Å². The van der Waals surface area contributed by atoms with Crippen LogP contribution in [-0.2, 0) is 25.5 Å².